The van der Waals surface area contributed by atoms with E-state index in [0.29, 0.717) is 5.82 Å². The second-order valence-corrected chi connectivity index (χ2v) is 6.14. The highest BCUT2D eigenvalue weighted by molar-refractivity contribution is 5.63. The van der Waals surface area contributed by atoms with Gasteiger partial charge in [-0.2, -0.15) is 0 Å². The first kappa shape index (κ1) is 14.9. The minimum Gasteiger partial charge on any atom is -0.244 e. The molecule has 120 valence electrons. The lowest BCUT2D eigenvalue weighted by Crippen LogP contribution is -2.01. The zero-order valence-electron chi connectivity index (χ0n) is 13.4. The fraction of sp³-hybridized carbons (Fsp3) is 0.250. The van der Waals surface area contributed by atoms with Crippen LogP contribution in [0.3, 0.4) is 0 Å². The minimum atomic E-state index is -0.246. The van der Waals surface area contributed by atoms with Crippen molar-refractivity contribution in [2.24, 2.45) is 0 Å². The fourth-order valence-electron chi connectivity index (χ4n) is 3.12. The number of halogens is 1. The van der Waals surface area contributed by atoms with E-state index in [9.17, 15) is 4.39 Å². The van der Waals surface area contributed by atoms with E-state index < -0.39 is 0 Å². The molecule has 4 rings (SSSR count). The molecular formula is C20H18FN3. The van der Waals surface area contributed by atoms with Gasteiger partial charge < -0.3 is 0 Å². The Morgan fingerprint density at radius 3 is 2.46 bits per heavy atom. The van der Waals surface area contributed by atoms with Gasteiger partial charge in [0, 0.05) is 17.5 Å². The molecule has 0 saturated carbocycles. The number of benzene rings is 1. The molecule has 0 unspecified atom stereocenters. The summed E-state index contributed by atoms with van der Waals surface area (Å²) in [6, 6.07) is 12.1. The molecule has 1 aliphatic rings. The van der Waals surface area contributed by atoms with E-state index in [0.717, 1.165) is 35.5 Å². The summed E-state index contributed by atoms with van der Waals surface area (Å²) in [5.41, 5.74) is 4.86. The van der Waals surface area contributed by atoms with Crippen LogP contribution in [0.5, 0.6) is 0 Å². The van der Waals surface area contributed by atoms with Gasteiger partial charge in [0.05, 0.1) is 5.69 Å². The molecular weight excluding hydrogens is 301 g/mol. The van der Waals surface area contributed by atoms with Gasteiger partial charge in [0.15, 0.2) is 5.82 Å². The summed E-state index contributed by atoms with van der Waals surface area (Å²) < 4.78 is 13.1. The third kappa shape index (κ3) is 3.04. The summed E-state index contributed by atoms with van der Waals surface area (Å²) in [6.45, 7) is 0. The van der Waals surface area contributed by atoms with Crippen molar-refractivity contribution in [2.45, 2.75) is 32.1 Å². The average Bonchev–Trinajstić information content (AvgIpc) is 2.87. The second-order valence-electron chi connectivity index (χ2n) is 6.14. The maximum Gasteiger partial charge on any atom is 0.178 e. The van der Waals surface area contributed by atoms with E-state index in [1.165, 1.54) is 37.0 Å². The lowest BCUT2D eigenvalue weighted by atomic mass is 10.1. The van der Waals surface area contributed by atoms with Crippen LogP contribution in [0.1, 0.15) is 30.5 Å². The number of aromatic nitrogens is 3. The van der Waals surface area contributed by atoms with Crippen LogP contribution in [-0.2, 0) is 12.8 Å². The Labute approximate surface area is 140 Å². The fourth-order valence-corrected chi connectivity index (χ4v) is 3.12. The molecule has 0 radical (unpaired) electrons. The van der Waals surface area contributed by atoms with Crippen molar-refractivity contribution < 1.29 is 4.39 Å². The van der Waals surface area contributed by atoms with Crippen molar-refractivity contribution in [2.75, 3.05) is 0 Å². The zero-order valence-corrected chi connectivity index (χ0v) is 13.4. The monoisotopic (exact) mass is 319 g/mol. The topological polar surface area (TPSA) is 38.7 Å². The number of aryl methyl sites for hydroxylation is 2. The lowest BCUT2D eigenvalue weighted by molar-refractivity contribution is 0.628. The first-order valence-electron chi connectivity index (χ1n) is 8.38. The lowest BCUT2D eigenvalue weighted by Gasteiger charge is -2.08. The van der Waals surface area contributed by atoms with Gasteiger partial charge in [0.2, 0.25) is 0 Å². The predicted molar refractivity (Wildman–Crippen MR) is 91.9 cm³/mol. The van der Waals surface area contributed by atoms with Crippen LogP contribution in [0.15, 0.2) is 48.7 Å². The SMILES string of the molecule is Fc1ccc(-c2cccc(-c3ncc4c(n3)CCCCC4)n2)cc1. The molecule has 1 aromatic carbocycles. The molecule has 0 amide bonds. The van der Waals surface area contributed by atoms with Crippen LogP contribution in [0, 0.1) is 5.82 Å². The first-order chi connectivity index (χ1) is 11.8. The van der Waals surface area contributed by atoms with Gasteiger partial charge in [-0.25, -0.2) is 19.3 Å². The highest BCUT2D eigenvalue weighted by Gasteiger charge is 2.13. The van der Waals surface area contributed by atoms with Crippen LogP contribution >= 0.6 is 0 Å². The first-order valence-corrected chi connectivity index (χ1v) is 8.38. The molecule has 0 spiro atoms. The highest BCUT2D eigenvalue weighted by Crippen LogP contribution is 2.23. The van der Waals surface area contributed by atoms with Gasteiger partial charge in [0.1, 0.15) is 11.5 Å². The molecule has 1 aliphatic carbocycles. The molecule has 0 N–H and O–H groups in total. The van der Waals surface area contributed by atoms with Gasteiger partial charge in [-0.05, 0) is 67.6 Å². The van der Waals surface area contributed by atoms with Gasteiger partial charge in [-0.15, -0.1) is 0 Å². The van der Waals surface area contributed by atoms with Gasteiger partial charge in [-0.1, -0.05) is 12.5 Å². The summed E-state index contributed by atoms with van der Waals surface area (Å²) in [5.74, 6) is 0.420. The summed E-state index contributed by atoms with van der Waals surface area (Å²) in [6.07, 6.45) is 7.70. The molecule has 3 aromatic rings. The van der Waals surface area contributed by atoms with E-state index in [1.807, 2.05) is 24.4 Å². The molecule has 24 heavy (non-hydrogen) atoms. The predicted octanol–water partition coefficient (Wildman–Crippen LogP) is 4.61. The Kier molecular flexibility index (Phi) is 4.03. The van der Waals surface area contributed by atoms with Crippen molar-refractivity contribution in [3.05, 3.63) is 65.7 Å². The number of pyridine rings is 1. The normalized spacial score (nSPS) is 14.0. The molecule has 0 fully saturated rings. The summed E-state index contributed by atoms with van der Waals surface area (Å²) in [4.78, 5) is 13.9. The summed E-state index contributed by atoms with van der Waals surface area (Å²) in [5, 5.41) is 0. The Balaban J connectivity index is 1.71. The number of hydrogen-bond acceptors (Lipinski definition) is 3. The van der Waals surface area contributed by atoms with E-state index in [-0.39, 0.29) is 5.82 Å². The number of hydrogen-bond donors (Lipinski definition) is 0. The van der Waals surface area contributed by atoms with Crippen molar-refractivity contribution in [3.8, 4) is 22.8 Å². The Morgan fingerprint density at radius 2 is 1.58 bits per heavy atom. The molecule has 3 nitrogen and oxygen atoms in total. The van der Waals surface area contributed by atoms with Crippen molar-refractivity contribution >= 4 is 0 Å². The molecule has 2 heterocycles. The Bertz CT molecular complexity index is 859. The van der Waals surface area contributed by atoms with E-state index in [2.05, 4.69) is 9.97 Å². The van der Waals surface area contributed by atoms with Gasteiger partial charge >= 0.3 is 0 Å². The average molecular weight is 319 g/mol. The molecule has 4 heteroatoms. The summed E-state index contributed by atoms with van der Waals surface area (Å²) >= 11 is 0. The number of fused-ring (bicyclic) bond motifs is 1. The smallest absolute Gasteiger partial charge is 0.178 e. The van der Waals surface area contributed by atoms with Gasteiger partial charge in [-0.3, -0.25) is 0 Å². The van der Waals surface area contributed by atoms with E-state index >= 15 is 0 Å². The number of nitrogens with zero attached hydrogens (tertiary/aromatic N) is 3. The van der Waals surface area contributed by atoms with Crippen molar-refractivity contribution in [1.82, 2.24) is 15.0 Å². The van der Waals surface area contributed by atoms with Gasteiger partial charge in [0.25, 0.3) is 0 Å². The Hall–Kier alpha value is -2.62. The Morgan fingerprint density at radius 1 is 0.792 bits per heavy atom. The molecule has 0 saturated heterocycles. The maximum absolute atomic E-state index is 13.1. The largest absolute Gasteiger partial charge is 0.244 e. The van der Waals surface area contributed by atoms with Crippen LogP contribution in [0.25, 0.3) is 22.8 Å². The third-order valence-electron chi connectivity index (χ3n) is 4.43. The van der Waals surface area contributed by atoms with Crippen molar-refractivity contribution in [3.63, 3.8) is 0 Å². The highest BCUT2D eigenvalue weighted by atomic mass is 19.1. The number of rotatable bonds is 2. The standard InChI is InChI=1S/C20H18FN3/c21-16-11-9-14(10-12-16)17-7-4-8-19(23-17)20-22-13-15-5-2-1-3-6-18(15)24-20/h4,7-13H,1-3,5-6H2. The van der Waals surface area contributed by atoms with Crippen LogP contribution < -0.4 is 0 Å². The third-order valence-corrected chi connectivity index (χ3v) is 4.43. The molecule has 0 aliphatic heterocycles. The van der Waals surface area contributed by atoms with Crippen LogP contribution in [0.4, 0.5) is 4.39 Å². The summed E-state index contributed by atoms with van der Waals surface area (Å²) in [7, 11) is 0. The maximum atomic E-state index is 13.1. The quantitative estimate of drug-likeness (QED) is 0.647. The van der Waals surface area contributed by atoms with Crippen LogP contribution in [0.2, 0.25) is 0 Å². The minimum absolute atomic E-state index is 0.246. The van der Waals surface area contributed by atoms with Crippen LogP contribution in [-0.4, -0.2) is 15.0 Å². The van der Waals surface area contributed by atoms with E-state index in [4.69, 9.17) is 4.98 Å². The zero-order chi connectivity index (χ0) is 16.4. The van der Waals surface area contributed by atoms with E-state index in [1.54, 1.807) is 12.1 Å². The van der Waals surface area contributed by atoms with Crippen molar-refractivity contribution in [1.29, 1.82) is 0 Å². The molecule has 0 atom stereocenters. The molecule has 0 bridgehead atoms. The molecule has 2 aromatic heterocycles. The second kappa shape index (κ2) is 6.48.